The minimum absolute atomic E-state index is 0.0379. The Hall–Kier alpha value is -3.10. The van der Waals surface area contributed by atoms with Crippen LogP contribution < -0.4 is 9.64 Å². The number of benzene rings is 2. The Morgan fingerprint density at radius 2 is 1.88 bits per heavy atom. The zero-order valence-corrected chi connectivity index (χ0v) is 18.8. The highest BCUT2D eigenvalue weighted by Gasteiger charge is 2.31. The quantitative estimate of drug-likeness (QED) is 0.517. The molecule has 0 atom stereocenters. The van der Waals surface area contributed by atoms with E-state index in [0.717, 1.165) is 24.1 Å². The third kappa shape index (κ3) is 4.71. The number of amides is 1. The van der Waals surface area contributed by atoms with Crippen LogP contribution in [0.3, 0.4) is 0 Å². The summed E-state index contributed by atoms with van der Waals surface area (Å²) in [6, 6.07) is 17.4. The number of ether oxygens (including phenoxy) is 1. The van der Waals surface area contributed by atoms with Crippen LogP contribution in [0.25, 0.3) is 0 Å². The van der Waals surface area contributed by atoms with Gasteiger partial charge in [-0.3, -0.25) is 4.79 Å². The van der Waals surface area contributed by atoms with Crippen molar-refractivity contribution in [3.8, 4) is 5.75 Å². The first kappa shape index (κ1) is 22.1. The molecule has 2 aromatic carbocycles. The number of para-hydroxylation sites is 1. The number of nitrogens with zero attached hydrogens (tertiary/aromatic N) is 2. The molecule has 4 rings (SSSR count). The lowest BCUT2D eigenvalue weighted by Gasteiger charge is -2.31. The maximum Gasteiger partial charge on any atom is 0.243 e. The van der Waals surface area contributed by atoms with Gasteiger partial charge in [0.2, 0.25) is 15.9 Å². The highest BCUT2D eigenvalue weighted by molar-refractivity contribution is 7.89. The van der Waals surface area contributed by atoms with Crippen LogP contribution >= 0.6 is 0 Å². The number of furan rings is 1. The summed E-state index contributed by atoms with van der Waals surface area (Å²) in [4.78, 5) is 15.1. The van der Waals surface area contributed by atoms with Gasteiger partial charge in [0.05, 0.1) is 30.9 Å². The third-order valence-electron chi connectivity index (χ3n) is 5.41. The summed E-state index contributed by atoms with van der Waals surface area (Å²) < 4.78 is 38.9. The van der Waals surface area contributed by atoms with Crippen LogP contribution in [-0.4, -0.2) is 38.3 Å². The van der Waals surface area contributed by atoms with Crippen molar-refractivity contribution in [2.75, 3.05) is 24.6 Å². The molecule has 1 aliphatic rings. The van der Waals surface area contributed by atoms with Crippen LogP contribution in [-0.2, 0) is 27.8 Å². The van der Waals surface area contributed by atoms with Crippen molar-refractivity contribution in [2.24, 2.45) is 0 Å². The van der Waals surface area contributed by atoms with E-state index >= 15 is 0 Å². The fraction of sp³-hybridized carbons (Fsp3) is 0.292. The zero-order valence-electron chi connectivity index (χ0n) is 17.9. The number of hydrogen-bond acceptors (Lipinski definition) is 5. The van der Waals surface area contributed by atoms with Gasteiger partial charge in [0, 0.05) is 12.2 Å². The van der Waals surface area contributed by atoms with E-state index in [1.807, 2.05) is 31.2 Å². The largest absolute Gasteiger partial charge is 0.494 e. The van der Waals surface area contributed by atoms with Crippen LogP contribution in [0.2, 0.25) is 0 Å². The SMILES string of the molecule is CCOc1ccc(S(=O)(=O)N(CC(=O)N2CCCc3ccccc32)Cc2ccco2)cc1. The van der Waals surface area contributed by atoms with Gasteiger partial charge in [0.25, 0.3) is 0 Å². The molecular formula is C24H26N2O5S. The number of carbonyl (C=O) groups excluding carboxylic acids is 1. The van der Waals surface area contributed by atoms with E-state index in [4.69, 9.17) is 9.15 Å². The molecule has 8 heteroatoms. The smallest absolute Gasteiger partial charge is 0.243 e. The normalized spacial score (nSPS) is 13.8. The molecule has 0 radical (unpaired) electrons. The first-order valence-corrected chi connectivity index (χ1v) is 12.1. The molecule has 0 unspecified atom stereocenters. The summed E-state index contributed by atoms with van der Waals surface area (Å²) in [6.45, 7) is 2.59. The van der Waals surface area contributed by atoms with E-state index in [1.54, 1.807) is 29.2 Å². The molecule has 0 spiro atoms. The van der Waals surface area contributed by atoms with E-state index in [0.29, 0.717) is 24.7 Å². The Morgan fingerprint density at radius 1 is 1.09 bits per heavy atom. The Kier molecular flexibility index (Phi) is 6.62. The van der Waals surface area contributed by atoms with Crippen molar-refractivity contribution in [1.29, 1.82) is 0 Å². The maximum absolute atomic E-state index is 13.5. The number of aryl methyl sites for hydroxylation is 1. The summed E-state index contributed by atoms with van der Waals surface area (Å²) in [5, 5.41) is 0. The standard InChI is InChI=1S/C24H26N2O5S/c1-2-30-20-11-13-22(14-12-20)32(28,29)25(17-21-9-6-16-31-21)18-24(27)26-15-5-8-19-7-3-4-10-23(19)26/h3-4,6-7,9-14,16H,2,5,8,15,17-18H2,1H3. The molecule has 1 aromatic heterocycles. The Labute approximate surface area is 188 Å². The lowest BCUT2D eigenvalue weighted by molar-refractivity contribution is -0.119. The molecule has 3 aromatic rings. The summed E-state index contributed by atoms with van der Waals surface area (Å²) >= 11 is 0. The number of sulfonamides is 1. The van der Waals surface area contributed by atoms with Crippen LogP contribution in [0.5, 0.6) is 5.75 Å². The minimum Gasteiger partial charge on any atom is -0.494 e. The van der Waals surface area contributed by atoms with E-state index in [1.165, 1.54) is 22.7 Å². The molecule has 32 heavy (non-hydrogen) atoms. The van der Waals surface area contributed by atoms with Crippen molar-refractivity contribution < 1.29 is 22.4 Å². The molecule has 0 fully saturated rings. The van der Waals surface area contributed by atoms with E-state index < -0.39 is 10.0 Å². The van der Waals surface area contributed by atoms with Gasteiger partial charge in [-0.1, -0.05) is 18.2 Å². The van der Waals surface area contributed by atoms with Gasteiger partial charge in [-0.15, -0.1) is 0 Å². The van der Waals surface area contributed by atoms with Crippen molar-refractivity contribution in [3.63, 3.8) is 0 Å². The highest BCUT2D eigenvalue weighted by atomic mass is 32.2. The number of rotatable bonds is 8. The Balaban J connectivity index is 1.61. The monoisotopic (exact) mass is 454 g/mol. The number of fused-ring (bicyclic) bond motifs is 1. The molecule has 0 bridgehead atoms. The van der Waals surface area contributed by atoms with Crippen molar-refractivity contribution in [1.82, 2.24) is 4.31 Å². The Bertz CT molecular complexity index is 1160. The summed E-state index contributed by atoms with van der Waals surface area (Å²) in [6.07, 6.45) is 3.23. The van der Waals surface area contributed by atoms with Gasteiger partial charge < -0.3 is 14.1 Å². The van der Waals surface area contributed by atoms with Gasteiger partial charge in [0.1, 0.15) is 11.5 Å². The lowest BCUT2D eigenvalue weighted by Crippen LogP contribution is -2.44. The van der Waals surface area contributed by atoms with Gasteiger partial charge in [-0.2, -0.15) is 4.31 Å². The molecule has 1 amide bonds. The highest BCUT2D eigenvalue weighted by Crippen LogP contribution is 2.28. The number of anilines is 1. The summed E-state index contributed by atoms with van der Waals surface area (Å²) in [5.41, 5.74) is 1.94. The van der Waals surface area contributed by atoms with E-state index in [9.17, 15) is 13.2 Å². The summed E-state index contributed by atoms with van der Waals surface area (Å²) in [7, 11) is -3.95. The molecular weight excluding hydrogens is 428 g/mol. The third-order valence-corrected chi connectivity index (χ3v) is 7.21. The topological polar surface area (TPSA) is 80.1 Å². The molecule has 0 N–H and O–H groups in total. The van der Waals surface area contributed by atoms with Crippen LogP contribution in [0.4, 0.5) is 5.69 Å². The molecule has 2 heterocycles. The van der Waals surface area contributed by atoms with Crippen molar-refractivity contribution in [3.05, 3.63) is 78.3 Å². The first-order valence-electron chi connectivity index (χ1n) is 10.6. The molecule has 0 saturated heterocycles. The second kappa shape index (κ2) is 9.58. The summed E-state index contributed by atoms with van der Waals surface area (Å²) in [5.74, 6) is 0.787. The molecule has 1 aliphatic heterocycles. The van der Waals surface area contributed by atoms with Gasteiger partial charge in [-0.25, -0.2) is 8.42 Å². The van der Waals surface area contributed by atoms with Gasteiger partial charge in [-0.05, 0) is 67.8 Å². The molecule has 0 aliphatic carbocycles. The fourth-order valence-corrected chi connectivity index (χ4v) is 5.21. The fourth-order valence-electron chi connectivity index (χ4n) is 3.85. The van der Waals surface area contributed by atoms with Gasteiger partial charge >= 0.3 is 0 Å². The van der Waals surface area contributed by atoms with Crippen molar-refractivity contribution >= 4 is 21.6 Å². The first-order chi connectivity index (χ1) is 15.5. The van der Waals surface area contributed by atoms with Crippen LogP contribution in [0.15, 0.2) is 76.2 Å². The molecule has 7 nitrogen and oxygen atoms in total. The Morgan fingerprint density at radius 3 is 2.59 bits per heavy atom. The second-order valence-corrected chi connectivity index (χ2v) is 9.47. The predicted molar refractivity (Wildman–Crippen MR) is 121 cm³/mol. The predicted octanol–water partition coefficient (Wildman–Crippen LogP) is 3.85. The average molecular weight is 455 g/mol. The van der Waals surface area contributed by atoms with E-state index in [2.05, 4.69) is 0 Å². The maximum atomic E-state index is 13.5. The minimum atomic E-state index is -3.95. The lowest BCUT2D eigenvalue weighted by atomic mass is 10.0. The average Bonchev–Trinajstić information content (AvgIpc) is 3.32. The molecule has 0 saturated carbocycles. The van der Waals surface area contributed by atoms with Gasteiger partial charge in [0.15, 0.2) is 0 Å². The number of hydrogen-bond donors (Lipinski definition) is 0. The zero-order chi connectivity index (χ0) is 22.6. The van der Waals surface area contributed by atoms with E-state index in [-0.39, 0.29) is 23.9 Å². The van der Waals surface area contributed by atoms with Crippen molar-refractivity contribution in [2.45, 2.75) is 31.2 Å². The number of carbonyl (C=O) groups is 1. The van der Waals surface area contributed by atoms with Crippen LogP contribution in [0.1, 0.15) is 24.7 Å². The van der Waals surface area contributed by atoms with Crippen LogP contribution in [0, 0.1) is 0 Å². The molecule has 168 valence electrons. The second-order valence-electron chi connectivity index (χ2n) is 7.53.